The number of pyridine rings is 1. The fourth-order valence-electron chi connectivity index (χ4n) is 6.82. The Hall–Kier alpha value is -4.68. The lowest BCUT2D eigenvalue weighted by Gasteiger charge is -2.13. The maximum absolute atomic E-state index is 10.1. The van der Waals surface area contributed by atoms with Crippen molar-refractivity contribution in [3.8, 4) is 39.6 Å². The van der Waals surface area contributed by atoms with Crippen molar-refractivity contribution in [1.29, 1.82) is 5.26 Å². The number of rotatable bonds is 4. The molecule has 0 amide bonds. The fraction of sp³-hybridized carbons (Fsp3) is 0.211. The van der Waals surface area contributed by atoms with Gasteiger partial charge in [0.05, 0.1) is 17.2 Å². The summed E-state index contributed by atoms with van der Waals surface area (Å²) >= 11 is 0. The van der Waals surface area contributed by atoms with Crippen LogP contribution in [0.25, 0.3) is 55.4 Å². The van der Waals surface area contributed by atoms with Crippen LogP contribution in [-0.4, -0.2) is 0 Å². The molecule has 0 radical (unpaired) electrons. The van der Waals surface area contributed by atoms with Crippen LogP contribution in [0, 0.1) is 25.2 Å². The largest absolute Gasteiger partial charge is 0.454 e. The van der Waals surface area contributed by atoms with Gasteiger partial charge in [0.2, 0.25) is 5.69 Å². The Bertz CT molecular complexity index is 1980. The van der Waals surface area contributed by atoms with E-state index in [1.54, 1.807) is 0 Å². The van der Waals surface area contributed by atoms with Crippen molar-refractivity contribution >= 4 is 21.9 Å². The van der Waals surface area contributed by atoms with Gasteiger partial charge in [0.25, 0.3) is 0 Å². The molecule has 3 heteroatoms. The van der Waals surface area contributed by atoms with Crippen molar-refractivity contribution in [2.24, 2.45) is 7.05 Å². The molecule has 200 valence electrons. The number of hydrogen-bond donors (Lipinski definition) is 0. The van der Waals surface area contributed by atoms with E-state index in [9.17, 15) is 5.26 Å². The van der Waals surface area contributed by atoms with Crippen LogP contribution in [0.15, 0.2) is 95.5 Å². The van der Waals surface area contributed by atoms with Gasteiger partial charge < -0.3 is 4.42 Å². The zero-order chi connectivity index (χ0) is 28.1. The van der Waals surface area contributed by atoms with Crippen LogP contribution in [0.5, 0.6) is 0 Å². The zero-order valence-electron chi connectivity index (χ0n) is 23.9. The molecule has 7 rings (SSSR count). The summed E-state index contributed by atoms with van der Waals surface area (Å²) in [5, 5.41) is 12.2. The van der Waals surface area contributed by atoms with E-state index >= 15 is 0 Å². The van der Waals surface area contributed by atoms with Crippen LogP contribution in [-0.2, 0) is 7.05 Å². The molecule has 41 heavy (non-hydrogen) atoms. The Kier molecular flexibility index (Phi) is 6.20. The molecule has 2 heterocycles. The molecule has 0 saturated heterocycles. The zero-order valence-corrected chi connectivity index (χ0v) is 23.9. The van der Waals surface area contributed by atoms with E-state index in [0.717, 1.165) is 55.8 Å². The molecule has 0 aliphatic heterocycles. The third-order valence-electron chi connectivity index (χ3n) is 9.01. The highest BCUT2D eigenvalue weighted by Crippen LogP contribution is 2.43. The van der Waals surface area contributed by atoms with Gasteiger partial charge in [-0.1, -0.05) is 67.4 Å². The highest BCUT2D eigenvalue weighted by atomic mass is 16.3. The van der Waals surface area contributed by atoms with E-state index in [1.165, 1.54) is 47.9 Å². The van der Waals surface area contributed by atoms with Gasteiger partial charge in [0, 0.05) is 28.5 Å². The van der Waals surface area contributed by atoms with Crippen LogP contribution in [0.4, 0.5) is 0 Å². The third kappa shape index (κ3) is 4.23. The number of hydrogen-bond acceptors (Lipinski definition) is 2. The average molecular weight is 534 g/mol. The second-order valence-corrected chi connectivity index (χ2v) is 11.5. The van der Waals surface area contributed by atoms with E-state index < -0.39 is 0 Å². The lowest BCUT2D eigenvalue weighted by molar-refractivity contribution is -0.660. The normalized spacial score (nSPS) is 13.7. The number of fused-ring (bicyclic) bond motifs is 3. The molecule has 4 aromatic carbocycles. The number of nitriles is 1. The first-order chi connectivity index (χ1) is 20.0. The summed E-state index contributed by atoms with van der Waals surface area (Å²) in [5.74, 6) is 0.718. The maximum Gasteiger partial charge on any atom is 0.216 e. The van der Waals surface area contributed by atoms with Crippen molar-refractivity contribution in [3.63, 3.8) is 0 Å². The Morgan fingerprint density at radius 3 is 2.17 bits per heavy atom. The molecule has 1 aliphatic carbocycles. The highest BCUT2D eigenvalue weighted by molar-refractivity contribution is 6.14. The van der Waals surface area contributed by atoms with Gasteiger partial charge in [-0.3, -0.25) is 0 Å². The highest BCUT2D eigenvalue weighted by Gasteiger charge is 2.23. The van der Waals surface area contributed by atoms with Gasteiger partial charge in [-0.15, -0.1) is 0 Å². The molecule has 0 atom stereocenters. The number of aromatic nitrogens is 1. The third-order valence-corrected chi connectivity index (χ3v) is 9.01. The first-order valence-electron chi connectivity index (χ1n) is 14.6. The average Bonchev–Trinajstić information content (AvgIpc) is 3.66. The SMILES string of the molecule is Cc1cc(-c2c(C#N)ccc3c2oc2c(-c4cccc[n+]4C)c(C)ccc23)ccc1-c1ccc(C2CCCC2)cc1. The minimum atomic E-state index is 0.619. The summed E-state index contributed by atoms with van der Waals surface area (Å²) in [6.07, 6.45) is 7.38. The van der Waals surface area contributed by atoms with Crippen molar-refractivity contribution in [1.82, 2.24) is 0 Å². The minimum Gasteiger partial charge on any atom is -0.454 e. The first kappa shape index (κ1) is 25.3. The topological polar surface area (TPSA) is 40.8 Å². The standard InChI is InChI=1S/C38H33N2O/c1-24-11-18-32-33-20-17-30(23-39)36(38(33)41-37(32)35(24)34-10-6-7-21-40(34)3)29-16-19-31(25(2)22-29)28-14-12-27(13-15-28)26-8-4-5-9-26/h6-7,10-22,26H,4-5,8-9H2,1-3H3/q+1. The second kappa shape index (κ2) is 10.1. The number of aryl methyl sites for hydroxylation is 3. The van der Waals surface area contributed by atoms with Crippen molar-refractivity contribution in [2.45, 2.75) is 45.4 Å². The molecule has 0 spiro atoms. The molecular weight excluding hydrogens is 500 g/mol. The molecule has 0 N–H and O–H groups in total. The van der Waals surface area contributed by atoms with Crippen LogP contribution in [0.2, 0.25) is 0 Å². The van der Waals surface area contributed by atoms with Gasteiger partial charge in [0.1, 0.15) is 18.2 Å². The Morgan fingerprint density at radius 1 is 0.756 bits per heavy atom. The van der Waals surface area contributed by atoms with Crippen molar-refractivity contribution in [2.75, 3.05) is 0 Å². The summed E-state index contributed by atoms with van der Waals surface area (Å²) in [7, 11) is 2.06. The quantitative estimate of drug-likeness (QED) is 0.212. The smallest absolute Gasteiger partial charge is 0.216 e. The van der Waals surface area contributed by atoms with Crippen LogP contribution >= 0.6 is 0 Å². The minimum absolute atomic E-state index is 0.619. The molecule has 3 nitrogen and oxygen atoms in total. The van der Waals surface area contributed by atoms with Crippen LogP contribution < -0.4 is 4.57 Å². The van der Waals surface area contributed by atoms with E-state index in [1.807, 2.05) is 18.2 Å². The molecule has 1 saturated carbocycles. The van der Waals surface area contributed by atoms with Gasteiger partial charge in [-0.2, -0.15) is 5.26 Å². The summed E-state index contributed by atoms with van der Waals surface area (Å²) in [4.78, 5) is 0. The first-order valence-corrected chi connectivity index (χ1v) is 14.6. The predicted octanol–water partition coefficient (Wildman–Crippen LogP) is 9.56. The summed E-state index contributed by atoms with van der Waals surface area (Å²) in [6, 6.07) is 32.6. The van der Waals surface area contributed by atoms with E-state index in [0.29, 0.717) is 5.56 Å². The van der Waals surface area contributed by atoms with E-state index in [4.69, 9.17) is 4.42 Å². The number of nitrogens with zero attached hydrogens (tertiary/aromatic N) is 2. The van der Waals surface area contributed by atoms with Crippen LogP contribution in [0.3, 0.4) is 0 Å². The van der Waals surface area contributed by atoms with E-state index in [-0.39, 0.29) is 0 Å². The van der Waals surface area contributed by atoms with Gasteiger partial charge in [-0.25, -0.2) is 4.57 Å². The van der Waals surface area contributed by atoms with Crippen molar-refractivity contribution in [3.05, 3.63) is 113 Å². The Morgan fingerprint density at radius 2 is 1.46 bits per heavy atom. The molecule has 6 aromatic rings. The lowest BCUT2D eigenvalue weighted by Crippen LogP contribution is -2.30. The molecule has 0 bridgehead atoms. The molecular formula is C38H33N2O+. The van der Waals surface area contributed by atoms with E-state index in [2.05, 4.69) is 104 Å². The fourth-order valence-corrected chi connectivity index (χ4v) is 6.82. The number of furan rings is 1. The summed E-state index contributed by atoms with van der Waals surface area (Å²) in [6.45, 7) is 4.28. The molecule has 2 aromatic heterocycles. The van der Waals surface area contributed by atoms with Gasteiger partial charge in [0.15, 0.2) is 6.20 Å². The monoisotopic (exact) mass is 533 g/mol. The molecule has 0 unspecified atom stereocenters. The molecule has 1 aliphatic rings. The second-order valence-electron chi connectivity index (χ2n) is 11.5. The number of benzene rings is 4. The Balaban J connectivity index is 1.37. The van der Waals surface area contributed by atoms with Crippen molar-refractivity contribution < 1.29 is 8.98 Å². The maximum atomic E-state index is 10.1. The van der Waals surface area contributed by atoms with Gasteiger partial charge in [-0.05, 0) is 84.2 Å². The molecule has 1 fully saturated rings. The van der Waals surface area contributed by atoms with Crippen LogP contribution in [0.1, 0.15) is 53.9 Å². The predicted molar refractivity (Wildman–Crippen MR) is 167 cm³/mol. The Labute approximate surface area is 241 Å². The summed E-state index contributed by atoms with van der Waals surface area (Å²) < 4.78 is 8.88. The lowest BCUT2D eigenvalue weighted by atomic mass is 9.91. The summed E-state index contributed by atoms with van der Waals surface area (Å²) in [5.41, 5.74) is 12.5. The van der Waals surface area contributed by atoms with Gasteiger partial charge >= 0.3 is 0 Å².